The van der Waals surface area contributed by atoms with Gasteiger partial charge >= 0.3 is 0 Å². The first-order valence-electron chi connectivity index (χ1n) is 4.73. The van der Waals surface area contributed by atoms with E-state index in [2.05, 4.69) is 23.0 Å². The van der Waals surface area contributed by atoms with Crippen molar-refractivity contribution < 1.29 is 0 Å². The molecule has 0 fully saturated rings. The van der Waals surface area contributed by atoms with E-state index in [1.54, 1.807) is 6.20 Å². The van der Waals surface area contributed by atoms with Crippen molar-refractivity contribution in [2.45, 2.75) is 13.8 Å². The lowest BCUT2D eigenvalue weighted by Gasteiger charge is -2.07. The predicted octanol–water partition coefficient (Wildman–Crippen LogP) is 3.41. The van der Waals surface area contributed by atoms with Crippen LogP contribution in [0.15, 0.2) is 30.5 Å². The van der Waals surface area contributed by atoms with Gasteiger partial charge in [-0.2, -0.15) is 0 Å². The summed E-state index contributed by atoms with van der Waals surface area (Å²) in [7, 11) is 0. The lowest BCUT2D eigenvalue weighted by atomic mass is 10.0. The molecule has 1 aromatic heterocycles. The van der Waals surface area contributed by atoms with Crippen LogP contribution in [0.2, 0.25) is 5.28 Å². The lowest BCUT2D eigenvalue weighted by molar-refractivity contribution is 1.13. The van der Waals surface area contributed by atoms with Crippen LogP contribution in [0.4, 0.5) is 0 Å². The van der Waals surface area contributed by atoms with Gasteiger partial charge in [-0.1, -0.05) is 24.3 Å². The molecule has 0 radical (unpaired) electrons. The van der Waals surface area contributed by atoms with Crippen LogP contribution in [0.1, 0.15) is 11.1 Å². The van der Waals surface area contributed by atoms with Crippen LogP contribution in [-0.2, 0) is 0 Å². The molecule has 2 nitrogen and oxygen atoms in total. The molecule has 0 atom stereocenters. The van der Waals surface area contributed by atoms with Crippen molar-refractivity contribution in [2.75, 3.05) is 0 Å². The van der Waals surface area contributed by atoms with E-state index < -0.39 is 0 Å². The maximum Gasteiger partial charge on any atom is 0.222 e. The lowest BCUT2D eigenvalue weighted by Crippen LogP contribution is -1.93. The second kappa shape index (κ2) is 3.99. The normalized spacial score (nSPS) is 10.3. The standard InChI is InChI=1S/C12H11ClN2/c1-8-5-3-4-6-10(8)11-9(2)7-14-12(13)15-11/h3-7H,1-2H3. The van der Waals surface area contributed by atoms with Crippen LogP contribution in [0.3, 0.4) is 0 Å². The molecule has 0 spiro atoms. The highest BCUT2D eigenvalue weighted by Gasteiger charge is 2.07. The van der Waals surface area contributed by atoms with E-state index in [4.69, 9.17) is 11.6 Å². The molecule has 0 aliphatic rings. The van der Waals surface area contributed by atoms with E-state index in [9.17, 15) is 0 Å². The zero-order chi connectivity index (χ0) is 10.8. The molecule has 0 unspecified atom stereocenters. The van der Waals surface area contributed by atoms with Crippen molar-refractivity contribution in [3.8, 4) is 11.3 Å². The van der Waals surface area contributed by atoms with Crippen molar-refractivity contribution in [3.05, 3.63) is 46.9 Å². The third-order valence-electron chi connectivity index (χ3n) is 2.34. The molecule has 0 saturated heterocycles. The van der Waals surface area contributed by atoms with E-state index in [1.165, 1.54) is 5.56 Å². The molecule has 0 amide bonds. The van der Waals surface area contributed by atoms with Crippen LogP contribution < -0.4 is 0 Å². The molecule has 3 heteroatoms. The van der Waals surface area contributed by atoms with Crippen molar-refractivity contribution in [1.82, 2.24) is 9.97 Å². The minimum Gasteiger partial charge on any atom is -0.226 e. The van der Waals surface area contributed by atoms with Crippen LogP contribution in [0.25, 0.3) is 11.3 Å². The number of benzene rings is 1. The van der Waals surface area contributed by atoms with Crippen molar-refractivity contribution in [2.24, 2.45) is 0 Å². The van der Waals surface area contributed by atoms with Gasteiger partial charge in [0.05, 0.1) is 5.69 Å². The number of aryl methyl sites for hydroxylation is 2. The molecule has 0 N–H and O–H groups in total. The molecular formula is C12H11ClN2. The average molecular weight is 219 g/mol. The number of hydrogen-bond donors (Lipinski definition) is 0. The van der Waals surface area contributed by atoms with Gasteiger partial charge < -0.3 is 0 Å². The molecule has 0 saturated carbocycles. The third-order valence-corrected chi connectivity index (χ3v) is 2.52. The summed E-state index contributed by atoms with van der Waals surface area (Å²) < 4.78 is 0. The van der Waals surface area contributed by atoms with Gasteiger partial charge in [-0.15, -0.1) is 0 Å². The Morgan fingerprint density at radius 2 is 1.80 bits per heavy atom. The fourth-order valence-corrected chi connectivity index (χ4v) is 1.67. The Hall–Kier alpha value is -1.41. The maximum absolute atomic E-state index is 5.80. The molecule has 1 heterocycles. The molecular weight excluding hydrogens is 208 g/mol. The quantitative estimate of drug-likeness (QED) is 0.686. The minimum absolute atomic E-state index is 0.291. The van der Waals surface area contributed by atoms with Gasteiger partial charge in [0.25, 0.3) is 0 Å². The second-order valence-electron chi connectivity index (χ2n) is 3.49. The molecule has 2 rings (SSSR count). The summed E-state index contributed by atoms with van der Waals surface area (Å²) in [5, 5.41) is 0.291. The summed E-state index contributed by atoms with van der Waals surface area (Å²) in [4.78, 5) is 8.21. The number of rotatable bonds is 1. The van der Waals surface area contributed by atoms with Crippen molar-refractivity contribution in [3.63, 3.8) is 0 Å². The monoisotopic (exact) mass is 218 g/mol. The summed E-state index contributed by atoms with van der Waals surface area (Å²) in [5.41, 5.74) is 4.25. The zero-order valence-corrected chi connectivity index (χ0v) is 9.42. The van der Waals surface area contributed by atoms with Crippen LogP contribution in [0, 0.1) is 13.8 Å². The average Bonchev–Trinajstić information content (AvgIpc) is 2.23. The highest BCUT2D eigenvalue weighted by atomic mass is 35.5. The Kier molecular flexibility index (Phi) is 2.69. The number of hydrogen-bond acceptors (Lipinski definition) is 2. The van der Waals surface area contributed by atoms with E-state index in [0.717, 1.165) is 16.8 Å². The van der Waals surface area contributed by atoms with Crippen molar-refractivity contribution >= 4 is 11.6 Å². The Labute approximate surface area is 94.0 Å². The molecule has 0 aliphatic carbocycles. The number of nitrogens with zero attached hydrogens (tertiary/aromatic N) is 2. The highest BCUT2D eigenvalue weighted by molar-refractivity contribution is 6.28. The summed E-state index contributed by atoms with van der Waals surface area (Å²) in [5.74, 6) is 0. The Bertz CT molecular complexity index is 495. The second-order valence-corrected chi connectivity index (χ2v) is 3.82. The molecule has 0 aliphatic heterocycles. The van der Waals surface area contributed by atoms with Crippen molar-refractivity contribution in [1.29, 1.82) is 0 Å². The first kappa shape index (κ1) is 10.1. The topological polar surface area (TPSA) is 25.8 Å². The van der Waals surface area contributed by atoms with Gasteiger partial charge in [-0.05, 0) is 36.6 Å². The fourth-order valence-electron chi connectivity index (χ4n) is 1.53. The predicted molar refractivity (Wildman–Crippen MR) is 62.0 cm³/mol. The first-order valence-corrected chi connectivity index (χ1v) is 5.11. The van der Waals surface area contributed by atoms with Gasteiger partial charge in [-0.3, -0.25) is 0 Å². The first-order chi connectivity index (χ1) is 7.18. The maximum atomic E-state index is 5.80. The molecule has 2 aromatic rings. The van der Waals surface area contributed by atoms with Gasteiger partial charge in [-0.25, -0.2) is 9.97 Å². The Balaban J connectivity index is 2.64. The van der Waals surface area contributed by atoms with Gasteiger partial charge in [0.2, 0.25) is 5.28 Å². The van der Waals surface area contributed by atoms with Crippen LogP contribution in [-0.4, -0.2) is 9.97 Å². The van der Waals surface area contributed by atoms with E-state index in [0.29, 0.717) is 5.28 Å². The number of aromatic nitrogens is 2. The SMILES string of the molecule is Cc1ccccc1-c1nc(Cl)ncc1C. The summed E-state index contributed by atoms with van der Waals surface area (Å²) in [6, 6.07) is 8.11. The summed E-state index contributed by atoms with van der Waals surface area (Å²) in [6.07, 6.45) is 1.75. The highest BCUT2D eigenvalue weighted by Crippen LogP contribution is 2.24. The summed E-state index contributed by atoms with van der Waals surface area (Å²) in [6.45, 7) is 4.04. The Morgan fingerprint density at radius 1 is 1.07 bits per heavy atom. The molecule has 76 valence electrons. The molecule has 0 bridgehead atoms. The minimum atomic E-state index is 0.291. The van der Waals surface area contributed by atoms with E-state index in [-0.39, 0.29) is 0 Å². The van der Waals surface area contributed by atoms with Gasteiger partial charge in [0.15, 0.2) is 0 Å². The Morgan fingerprint density at radius 3 is 2.53 bits per heavy atom. The third kappa shape index (κ3) is 2.00. The zero-order valence-electron chi connectivity index (χ0n) is 8.66. The van der Waals surface area contributed by atoms with E-state index in [1.807, 2.05) is 25.1 Å². The largest absolute Gasteiger partial charge is 0.226 e. The summed E-state index contributed by atoms with van der Waals surface area (Å²) >= 11 is 5.80. The molecule has 1 aromatic carbocycles. The van der Waals surface area contributed by atoms with Crippen LogP contribution >= 0.6 is 11.6 Å². The number of halogens is 1. The van der Waals surface area contributed by atoms with Crippen LogP contribution in [0.5, 0.6) is 0 Å². The smallest absolute Gasteiger partial charge is 0.222 e. The van der Waals surface area contributed by atoms with E-state index >= 15 is 0 Å². The van der Waals surface area contributed by atoms with Gasteiger partial charge in [0.1, 0.15) is 0 Å². The fraction of sp³-hybridized carbons (Fsp3) is 0.167. The van der Waals surface area contributed by atoms with Gasteiger partial charge in [0, 0.05) is 11.8 Å². The molecule has 15 heavy (non-hydrogen) atoms.